The fraction of sp³-hybridized carbons (Fsp3) is 0.909. The third-order valence-electron chi connectivity index (χ3n) is 2.87. The quantitative estimate of drug-likeness (QED) is 0.448. The number of halogens is 1. The minimum Gasteiger partial charge on any atom is -0.431 e. The largest absolute Gasteiger partial charge is 0.509 e. The van der Waals surface area contributed by atoms with Crippen molar-refractivity contribution in [3.63, 3.8) is 0 Å². The van der Waals surface area contributed by atoms with Crippen LogP contribution in [-0.4, -0.2) is 16.4 Å². The molecular weight excluding hydrogens is 307 g/mol. The Morgan fingerprint density at radius 3 is 2.73 bits per heavy atom. The molecule has 1 saturated carbocycles. The molecule has 0 heterocycles. The van der Waals surface area contributed by atoms with E-state index >= 15 is 0 Å². The lowest BCUT2D eigenvalue weighted by Crippen LogP contribution is -2.30. The van der Waals surface area contributed by atoms with Crippen molar-refractivity contribution in [1.29, 1.82) is 0 Å². The summed E-state index contributed by atoms with van der Waals surface area (Å²) in [6.07, 6.45) is 5.23. The van der Waals surface area contributed by atoms with E-state index in [1.807, 2.05) is 29.5 Å². The molecule has 0 aromatic carbocycles. The van der Waals surface area contributed by atoms with Crippen molar-refractivity contribution in [2.24, 2.45) is 5.92 Å². The van der Waals surface area contributed by atoms with Crippen LogP contribution in [0.2, 0.25) is 0 Å². The first-order valence-corrected chi connectivity index (χ1v) is 6.89. The summed E-state index contributed by atoms with van der Waals surface area (Å²) in [7, 11) is 0. The first-order valence-electron chi connectivity index (χ1n) is 5.64. The number of hydrogen-bond donors (Lipinski definition) is 0. The zero-order valence-corrected chi connectivity index (χ0v) is 11.5. The summed E-state index contributed by atoms with van der Waals surface area (Å²) in [6.45, 7) is 3.97. The van der Waals surface area contributed by atoms with Crippen molar-refractivity contribution in [2.75, 3.05) is 0 Å². The molecular formula is C11H19IO3. The molecule has 3 unspecified atom stereocenters. The molecule has 0 N–H and O–H groups in total. The van der Waals surface area contributed by atoms with Crippen LogP contribution in [0.25, 0.3) is 0 Å². The second kappa shape index (κ2) is 6.55. The van der Waals surface area contributed by atoms with Gasteiger partial charge in [-0.1, -0.05) is 13.3 Å². The standard InChI is InChI=1S/C11H19IO3/c1-3-9-6-4-5-7-10(9)15-11(13)14-8(2)12/h8-10H,3-7H2,1-2H3. The van der Waals surface area contributed by atoms with Gasteiger partial charge < -0.3 is 9.47 Å². The molecule has 0 aromatic rings. The van der Waals surface area contributed by atoms with Crippen LogP contribution < -0.4 is 0 Å². The maximum atomic E-state index is 11.3. The Kier molecular flexibility index (Phi) is 5.71. The molecule has 0 amide bonds. The summed E-state index contributed by atoms with van der Waals surface area (Å²) >= 11 is 2.04. The molecule has 1 aliphatic rings. The summed E-state index contributed by atoms with van der Waals surface area (Å²) in [5, 5.41) is 0. The van der Waals surface area contributed by atoms with Gasteiger partial charge in [0, 0.05) is 0 Å². The Bertz CT molecular complexity index is 206. The van der Waals surface area contributed by atoms with Gasteiger partial charge >= 0.3 is 6.16 Å². The highest BCUT2D eigenvalue weighted by Gasteiger charge is 2.27. The molecule has 88 valence electrons. The molecule has 0 saturated heterocycles. The number of carbonyl (C=O) groups excluding carboxylic acids is 1. The number of alkyl halides is 1. The molecule has 1 fully saturated rings. The Balaban J connectivity index is 2.37. The number of hydrogen-bond acceptors (Lipinski definition) is 3. The average molecular weight is 326 g/mol. The van der Waals surface area contributed by atoms with E-state index in [0.29, 0.717) is 5.92 Å². The van der Waals surface area contributed by atoms with Gasteiger partial charge in [0.15, 0.2) is 4.11 Å². The van der Waals surface area contributed by atoms with Gasteiger partial charge in [0.05, 0.1) is 0 Å². The van der Waals surface area contributed by atoms with Crippen LogP contribution in [0, 0.1) is 5.92 Å². The van der Waals surface area contributed by atoms with Crippen molar-refractivity contribution >= 4 is 28.7 Å². The predicted octanol–water partition coefficient (Wildman–Crippen LogP) is 3.89. The van der Waals surface area contributed by atoms with Gasteiger partial charge in [0.1, 0.15) is 6.10 Å². The van der Waals surface area contributed by atoms with Crippen molar-refractivity contribution in [3.8, 4) is 0 Å². The van der Waals surface area contributed by atoms with Gasteiger partial charge in [-0.25, -0.2) is 4.79 Å². The average Bonchev–Trinajstić information content (AvgIpc) is 2.17. The van der Waals surface area contributed by atoms with Gasteiger partial charge in [-0.2, -0.15) is 0 Å². The van der Waals surface area contributed by atoms with Crippen molar-refractivity contribution in [2.45, 2.75) is 56.2 Å². The normalized spacial score (nSPS) is 28.2. The molecule has 3 atom stereocenters. The highest BCUT2D eigenvalue weighted by molar-refractivity contribution is 14.1. The van der Waals surface area contributed by atoms with E-state index < -0.39 is 6.16 Å². The third kappa shape index (κ3) is 4.57. The van der Waals surface area contributed by atoms with Crippen LogP contribution in [0.5, 0.6) is 0 Å². The molecule has 1 rings (SSSR count). The van der Waals surface area contributed by atoms with Crippen LogP contribution in [0.3, 0.4) is 0 Å². The van der Waals surface area contributed by atoms with Crippen molar-refractivity contribution in [3.05, 3.63) is 0 Å². The predicted molar refractivity (Wildman–Crippen MR) is 67.1 cm³/mol. The smallest absolute Gasteiger partial charge is 0.431 e. The Hall–Kier alpha value is 0. The SMILES string of the molecule is CCC1CCCCC1OC(=O)OC(C)I. The topological polar surface area (TPSA) is 35.5 Å². The van der Waals surface area contributed by atoms with Crippen LogP contribution in [0.4, 0.5) is 4.79 Å². The van der Waals surface area contributed by atoms with Gasteiger partial charge in [0.25, 0.3) is 0 Å². The van der Waals surface area contributed by atoms with E-state index in [9.17, 15) is 4.79 Å². The third-order valence-corrected chi connectivity index (χ3v) is 3.12. The van der Waals surface area contributed by atoms with Crippen LogP contribution in [-0.2, 0) is 9.47 Å². The summed E-state index contributed by atoms with van der Waals surface area (Å²) < 4.78 is 10.2. The molecule has 1 aliphatic carbocycles. The first-order chi connectivity index (χ1) is 7.13. The molecule has 15 heavy (non-hydrogen) atoms. The zero-order chi connectivity index (χ0) is 11.3. The highest BCUT2D eigenvalue weighted by atomic mass is 127. The summed E-state index contributed by atoms with van der Waals surface area (Å²) in [6, 6.07) is 0. The zero-order valence-electron chi connectivity index (χ0n) is 9.37. The van der Waals surface area contributed by atoms with Crippen LogP contribution in [0.15, 0.2) is 0 Å². The van der Waals surface area contributed by atoms with E-state index in [1.54, 1.807) is 0 Å². The number of carbonyl (C=O) groups is 1. The minimum absolute atomic E-state index is 0.0754. The molecule has 4 heteroatoms. The lowest BCUT2D eigenvalue weighted by atomic mass is 9.85. The monoisotopic (exact) mass is 326 g/mol. The van der Waals surface area contributed by atoms with Crippen molar-refractivity contribution < 1.29 is 14.3 Å². The van der Waals surface area contributed by atoms with E-state index in [1.165, 1.54) is 12.8 Å². The lowest BCUT2D eigenvalue weighted by molar-refractivity contribution is -0.0133. The Morgan fingerprint density at radius 2 is 2.13 bits per heavy atom. The van der Waals surface area contributed by atoms with Gasteiger partial charge in [-0.3, -0.25) is 0 Å². The molecule has 0 aromatic heterocycles. The maximum absolute atomic E-state index is 11.3. The fourth-order valence-electron chi connectivity index (χ4n) is 2.08. The van der Waals surface area contributed by atoms with Gasteiger partial charge in [-0.15, -0.1) is 0 Å². The molecule has 0 bridgehead atoms. The first kappa shape index (κ1) is 13.1. The number of rotatable bonds is 3. The lowest BCUT2D eigenvalue weighted by Gasteiger charge is -2.30. The second-order valence-corrected chi connectivity index (χ2v) is 5.77. The summed E-state index contributed by atoms with van der Waals surface area (Å²) in [5.41, 5.74) is 0. The van der Waals surface area contributed by atoms with Gasteiger partial charge in [0.2, 0.25) is 0 Å². The van der Waals surface area contributed by atoms with Crippen LogP contribution in [0.1, 0.15) is 46.0 Å². The minimum atomic E-state index is -0.512. The number of ether oxygens (including phenoxy) is 2. The van der Waals surface area contributed by atoms with E-state index in [2.05, 4.69) is 6.92 Å². The van der Waals surface area contributed by atoms with Crippen LogP contribution >= 0.6 is 22.6 Å². The molecule has 0 radical (unpaired) electrons. The maximum Gasteiger partial charge on any atom is 0.509 e. The highest BCUT2D eigenvalue weighted by Crippen LogP contribution is 2.29. The molecule has 0 aliphatic heterocycles. The van der Waals surface area contributed by atoms with E-state index in [-0.39, 0.29) is 10.2 Å². The summed E-state index contributed by atoms with van der Waals surface area (Å²) in [4.78, 5) is 11.3. The fourth-order valence-corrected chi connectivity index (χ4v) is 2.29. The Morgan fingerprint density at radius 1 is 1.47 bits per heavy atom. The Labute approximate surface area is 105 Å². The van der Waals surface area contributed by atoms with Gasteiger partial charge in [-0.05, 0) is 61.1 Å². The van der Waals surface area contributed by atoms with E-state index in [4.69, 9.17) is 9.47 Å². The second-order valence-electron chi connectivity index (χ2n) is 4.02. The molecule has 0 spiro atoms. The van der Waals surface area contributed by atoms with E-state index in [0.717, 1.165) is 19.3 Å². The summed E-state index contributed by atoms with van der Waals surface area (Å²) in [5.74, 6) is 0.524. The molecule has 3 nitrogen and oxygen atoms in total. The van der Waals surface area contributed by atoms with Crippen molar-refractivity contribution in [1.82, 2.24) is 0 Å².